The Bertz CT molecular complexity index is 428. The van der Waals surface area contributed by atoms with E-state index in [1.54, 1.807) is 0 Å². The lowest BCUT2D eigenvalue weighted by atomic mass is 9.94. The summed E-state index contributed by atoms with van der Waals surface area (Å²) in [5.41, 5.74) is 2.00. The number of anilines is 1. The molecule has 4 heteroatoms. The second-order valence-electron chi connectivity index (χ2n) is 4.88. The van der Waals surface area contributed by atoms with E-state index in [0.717, 1.165) is 41.7 Å². The maximum Gasteiger partial charge on any atom is 0.224 e. The van der Waals surface area contributed by atoms with E-state index in [4.69, 9.17) is 0 Å². The first-order valence-electron chi connectivity index (χ1n) is 6.42. The first-order valence-corrected chi connectivity index (χ1v) is 7.22. The Balaban J connectivity index is 1.92. The number of rotatable bonds is 3. The number of aryl methyl sites for hydroxylation is 1. The summed E-state index contributed by atoms with van der Waals surface area (Å²) in [6.45, 7) is 4.09. The third kappa shape index (κ3) is 3.56. The highest BCUT2D eigenvalue weighted by Crippen LogP contribution is 2.26. The monoisotopic (exact) mass is 310 g/mol. The summed E-state index contributed by atoms with van der Waals surface area (Å²) in [4.78, 5) is 12.0. The molecule has 1 saturated heterocycles. The van der Waals surface area contributed by atoms with E-state index < -0.39 is 0 Å². The summed E-state index contributed by atoms with van der Waals surface area (Å²) in [6.07, 6.45) is 2.83. The maximum absolute atomic E-state index is 12.0. The number of halogens is 1. The van der Waals surface area contributed by atoms with Gasteiger partial charge in [0.05, 0.1) is 5.69 Å². The Morgan fingerprint density at radius 2 is 2.17 bits per heavy atom. The van der Waals surface area contributed by atoms with E-state index in [1.165, 1.54) is 0 Å². The van der Waals surface area contributed by atoms with Crippen molar-refractivity contribution in [2.75, 3.05) is 18.4 Å². The zero-order valence-electron chi connectivity index (χ0n) is 10.6. The number of nitrogens with one attached hydrogen (secondary N) is 2. The number of piperidine rings is 1. The molecule has 2 N–H and O–H groups in total. The Morgan fingerprint density at radius 1 is 1.44 bits per heavy atom. The molecule has 1 aliphatic rings. The van der Waals surface area contributed by atoms with Gasteiger partial charge in [0.25, 0.3) is 0 Å². The normalized spacial score (nSPS) is 16.6. The van der Waals surface area contributed by atoms with Crippen LogP contribution in [-0.4, -0.2) is 19.0 Å². The molecule has 1 aromatic rings. The molecule has 1 aromatic carbocycles. The minimum atomic E-state index is 0.119. The molecule has 0 aromatic heterocycles. The number of amides is 1. The molecule has 1 fully saturated rings. The standard InChI is InChI=1S/C14H19BrN2O/c1-10-3-2-4-12(14(10)15)17-13(18)9-11-5-7-16-8-6-11/h2-4,11,16H,5-9H2,1H3,(H,17,18). The molecule has 0 unspecified atom stereocenters. The molecule has 0 bridgehead atoms. The number of carbonyl (C=O) groups is 1. The average Bonchev–Trinajstić information content (AvgIpc) is 2.36. The van der Waals surface area contributed by atoms with Crippen molar-refractivity contribution in [1.29, 1.82) is 0 Å². The van der Waals surface area contributed by atoms with E-state index in [9.17, 15) is 4.79 Å². The van der Waals surface area contributed by atoms with Crippen molar-refractivity contribution >= 4 is 27.5 Å². The Kier molecular flexibility index (Phi) is 4.78. The van der Waals surface area contributed by atoms with Crippen LogP contribution < -0.4 is 10.6 Å². The van der Waals surface area contributed by atoms with Crippen molar-refractivity contribution < 1.29 is 4.79 Å². The molecule has 0 spiro atoms. The number of carbonyl (C=O) groups excluding carboxylic acids is 1. The summed E-state index contributed by atoms with van der Waals surface area (Å²) in [7, 11) is 0. The lowest BCUT2D eigenvalue weighted by Crippen LogP contribution is -2.30. The minimum absolute atomic E-state index is 0.119. The van der Waals surface area contributed by atoms with Gasteiger partial charge >= 0.3 is 0 Å². The maximum atomic E-state index is 12.0. The summed E-state index contributed by atoms with van der Waals surface area (Å²) < 4.78 is 0.976. The molecule has 0 saturated carbocycles. The van der Waals surface area contributed by atoms with Crippen molar-refractivity contribution in [3.05, 3.63) is 28.2 Å². The lowest BCUT2D eigenvalue weighted by Gasteiger charge is -2.22. The molecular weight excluding hydrogens is 292 g/mol. The largest absolute Gasteiger partial charge is 0.325 e. The van der Waals surface area contributed by atoms with Crippen LogP contribution in [0.1, 0.15) is 24.8 Å². The molecule has 98 valence electrons. The molecule has 0 radical (unpaired) electrons. The number of benzene rings is 1. The van der Waals surface area contributed by atoms with E-state index in [-0.39, 0.29) is 5.91 Å². The van der Waals surface area contributed by atoms with Gasteiger partial charge in [-0.05, 0) is 66.3 Å². The third-order valence-corrected chi connectivity index (χ3v) is 4.45. The summed E-state index contributed by atoms with van der Waals surface area (Å²) in [5.74, 6) is 0.642. The molecule has 0 atom stereocenters. The molecule has 0 aliphatic carbocycles. The molecule has 2 rings (SSSR count). The van der Waals surface area contributed by atoms with Crippen molar-refractivity contribution in [3.8, 4) is 0 Å². The van der Waals surface area contributed by atoms with Crippen LogP contribution in [-0.2, 0) is 4.79 Å². The van der Waals surface area contributed by atoms with Crippen LogP contribution in [0.3, 0.4) is 0 Å². The van der Waals surface area contributed by atoms with Crippen LogP contribution >= 0.6 is 15.9 Å². The average molecular weight is 311 g/mol. The van der Waals surface area contributed by atoms with E-state index in [1.807, 2.05) is 25.1 Å². The highest BCUT2D eigenvalue weighted by atomic mass is 79.9. The van der Waals surface area contributed by atoms with Gasteiger partial charge in [0, 0.05) is 10.9 Å². The molecule has 1 aliphatic heterocycles. The highest BCUT2D eigenvalue weighted by Gasteiger charge is 2.17. The summed E-state index contributed by atoms with van der Waals surface area (Å²) >= 11 is 3.51. The molecule has 18 heavy (non-hydrogen) atoms. The summed E-state index contributed by atoms with van der Waals surface area (Å²) in [5, 5.41) is 6.31. The predicted molar refractivity (Wildman–Crippen MR) is 77.7 cm³/mol. The van der Waals surface area contributed by atoms with E-state index in [0.29, 0.717) is 12.3 Å². The molecule has 1 amide bonds. The van der Waals surface area contributed by atoms with Crippen LogP contribution in [0.4, 0.5) is 5.69 Å². The Labute approximate surface area is 116 Å². The van der Waals surface area contributed by atoms with Gasteiger partial charge in [0.1, 0.15) is 0 Å². The first-order chi connectivity index (χ1) is 8.66. The molecular formula is C14H19BrN2O. The van der Waals surface area contributed by atoms with Gasteiger partial charge in [-0.1, -0.05) is 12.1 Å². The van der Waals surface area contributed by atoms with Gasteiger partial charge in [-0.3, -0.25) is 4.79 Å². The number of hydrogen-bond donors (Lipinski definition) is 2. The predicted octanol–water partition coefficient (Wildman–Crippen LogP) is 3.09. The van der Waals surface area contributed by atoms with Crippen LogP contribution in [0.2, 0.25) is 0 Å². The third-order valence-electron chi connectivity index (χ3n) is 3.40. The summed E-state index contributed by atoms with van der Waals surface area (Å²) in [6, 6.07) is 5.91. The fourth-order valence-corrected chi connectivity index (χ4v) is 2.66. The minimum Gasteiger partial charge on any atom is -0.325 e. The quantitative estimate of drug-likeness (QED) is 0.901. The number of hydrogen-bond acceptors (Lipinski definition) is 2. The van der Waals surface area contributed by atoms with E-state index in [2.05, 4.69) is 26.6 Å². The fourth-order valence-electron chi connectivity index (χ4n) is 2.29. The van der Waals surface area contributed by atoms with Gasteiger partial charge in [0.2, 0.25) is 5.91 Å². The molecule has 3 nitrogen and oxygen atoms in total. The molecule has 1 heterocycles. The second-order valence-corrected chi connectivity index (χ2v) is 5.68. The van der Waals surface area contributed by atoms with Gasteiger partial charge in [-0.15, -0.1) is 0 Å². The van der Waals surface area contributed by atoms with E-state index >= 15 is 0 Å². The van der Waals surface area contributed by atoms with Crippen molar-refractivity contribution in [2.45, 2.75) is 26.2 Å². The Hall–Kier alpha value is -0.870. The smallest absolute Gasteiger partial charge is 0.224 e. The van der Waals surface area contributed by atoms with Crippen LogP contribution in [0.15, 0.2) is 22.7 Å². The first kappa shape index (κ1) is 13.6. The van der Waals surface area contributed by atoms with Crippen LogP contribution in [0.5, 0.6) is 0 Å². The van der Waals surface area contributed by atoms with Gasteiger partial charge in [-0.25, -0.2) is 0 Å². The van der Waals surface area contributed by atoms with Gasteiger partial charge < -0.3 is 10.6 Å². The van der Waals surface area contributed by atoms with Crippen LogP contribution in [0.25, 0.3) is 0 Å². The second kappa shape index (κ2) is 6.34. The zero-order valence-corrected chi connectivity index (χ0v) is 12.2. The zero-order chi connectivity index (χ0) is 13.0. The topological polar surface area (TPSA) is 41.1 Å². The van der Waals surface area contributed by atoms with Crippen molar-refractivity contribution in [1.82, 2.24) is 5.32 Å². The highest BCUT2D eigenvalue weighted by molar-refractivity contribution is 9.10. The van der Waals surface area contributed by atoms with Crippen molar-refractivity contribution in [3.63, 3.8) is 0 Å². The fraction of sp³-hybridized carbons (Fsp3) is 0.500. The SMILES string of the molecule is Cc1cccc(NC(=O)CC2CCNCC2)c1Br. The Morgan fingerprint density at radius 3 is 2.89 bits per heavy atom. The van der Waals surface area contributed by atoms with Crippen LogP contribution in [0, 0.1) is 12.8 Å². The lowest BCUT2D eigenvalue weighted by molar-refractivity contribution is -0.117. The van der Waals surface area contributed by atoms with Gasteiger partial charge in [0.15, 0.2) is 0 Å². The van der Waals surface area contributed by atoms with Gasteiger partial charge in [-0.2, -0.15) is 0 Å². The van der Waals surface area contributed by atoms with Crippen molar-refractivity contribution in [2.24, 2.45) is 5.92 Å².